The lowest BCUT2D eigenvalue weighted by Crippen LogP contribution is -1.94. The van der Waals surface area contributed by atoms with E-state index in [0.29, 0.717) is 0 Å². The zero-order valence-electron chi connectivity index (χ0n) is 8.54. The lowest BCUT2D eigenvalue weighted by atomic mass is 10.1. The summed E-state index contributed by atoms with van der Waals surface area (Å²) >= 11 is 0. The molecule has 16 heavy (non-hydrogen) atoms. The van der Waals surface area contributed by atoms with Crippen LogP contribution in [0, 0.1) is 18.6 Å². The van der Waals surface area contributed by atoms with Gasteiger partial charge in [-0.2, -0.15) is 0 Å². The monoisotopic (exact) mass is 221 g/mol. The van der Waals surface area contributed by atoms with E-state index in [1.54, 1.807) is 0 Å². The van der Waals surface area contributed by atoms with Gasteiger partial charge in [-0.3, -0.25) is 4.98 Å². The molecule has 1 aromatic carbocycles. The van der Waals surface area contributed by atoms with Gasteiger partial charge in [-0.05, 0) is 30.7 Å². The summed E-state index contributed by atoms with van der Waals surface area (Å²) in [4.78, 5) is 3.82. The van der Waals surface area contributed by atoms with Gasteiger partial charge in [0.2, 0.25) is 0 Å². The topological polar surface area (TPSA) is 33.1 Å². The number of pyridine rings is 1. The molecule has 0 aliphatic rings. The molecule has 1 heterocycles. The molecular formula is C12H9F2NO. The molecule has 2 rings (SSSR count). The predicted molar refractivity (Wildman–Crippen MR) is 56.0 cm³/mol. The largest absolute Gasteiger partial charge is 0.506 e. The fourth-order valence-corrected chi connectivity index (χ4v) is 1.43. The summed E-state index contributed by atoms with van der Waals surface area (Å²) < 4.78 is 26.9. The maximum Gasteiger partial charge on any atom is 0.168 e. The van der Waals surface area contributed by atoms with Crippen molar-refractivity contribution in [3.8, 4) is 17.0 Å². The molecule has 0 atom stereocenters. The zero-order valence-corrected chi connectivity index (χ0v) is 8.54. The third-order valence-electron chi connectivity index (χ3n) is 2.32. The molecule has 0 aliphatic heterocycles. The Kier molecular flexibility index (Phi) is 2.56. The molecule has 0 bridgehead atoms. The summed E-state index contributed by atoms with van der Waals surface area (Å²) in [7, 11) is 0. The highest BCUT2D eigenvalue weighted by atomic mass is 19.2. The standard InChI is InChI=1S/C12H9F2NO/c1-7-4-5-8(11(14)10(7)13)12-9(16)3-2-6-15-12/h2-6,16H,1H3. The van der Waals surface area contributed by atoms with Crippen molar-refractivity contribution in [1.82, 2.24) is 4.98 Å². The van der Waals surface area contributed by atoms with E-state index in [9.17, 15) is 13.9 Å². The number of aryl methyl sites for hydroxylation is 1. The van der Waals surface area contributed by atoms with Crippen molar-refractivity contribution in [1.29, 1.82) is 0 Å². The van der Waals surface area contributed by atoms with Crippen LogP contribution in [0.5, 0.6) is 5.75 Å². The third kappa shape index (κ3) is 1.62. The average molecular weight is 221 g/mol. The first-order valence-corrected chi connectivity index (χ1v) is 4.70. The van der Waals surface area contributed by atoms with Crippen molar-refractivity contribution < 1.29 is 13.9 Å². The number of hydrogen-bond donors (Lipinski definition) is 1. The van der Waals surface area contributed by atoms with Crippen LogP contribution in [0.2, 0.25) is 0 Å². The van der Waals surface area contributed by atoms with Crippen molar-refractivity contribution >= 4 is 0 Å². The molecule has 0 saturated heterocycles. The van der Waals surface area contributed by atoms with E-state index < -0.39 is 11.6 Å². The van der Waals surface area contributed by atoms with E-state index in [0.717, 1.165) is 0 Å². The number of nitrogens with zero attached hydrogens (tertiary/aromatic N) is 1. The molecule has 0 radical (unpaired) electrons. The predicted octanol–water partition coefficient (Wildman–Crippen LogP) is 3.04. The van der Waals surface area contributed by atoms with Crippen molar-refractivity contribution in [2.45, 2.75) is 6.92 Å². The molecule has 1 aromatic heterocycles. The quantitative estimate of drug-likeness (QED) is 0.802. The van der Waals surface area contributed by atoms with Crippen LogP contribution < -0.4 is 0 Å². The van der Waals surface area contributed by atoms with Gasteiger partial charge >= 0.3 is 0 Å². The van der Waals surface area contributed by atoms with E-state index in [4.69, 9.17) is 0 Å². The summed E-state index contributed by atoms with van der Waals surface area (Å²) in [6.07, 6.45) is 1.41. The van der Waals surface area contributed by atoms with E-state index in [2.05, 4.69) is 4.98 Å². The molecule has 2 aromatic rings. The van der Waals surface area contributed by atoms with Crippen molar-refractivity contribution in [3.63, 3.8) is 0 Å². The lowest BCUT2D eigenvalue weighted by Gasteiger charge is -2.06. The summed E-state index contributed by atoms with van der Waals surface area (Å²) in [5.41, 5.74) is 0.219. The minimum Gasteiger partial charge on any atom is -0.506 e. The molecule has 0 amide bonds. The highest BCUT2D eigenvalue weighted by Crippen LogP contribution is 2.30. The zero-order chi connectivity index (χ0) is 11.7. The maximum atomic E-state index is 13.6. The second kappa shape index (κ2) is 3.89. The second-order valence-electron chi connectivity index (χ2n) is 3.43. The highest BCUT2D eigenvalue weighted by Gasteiger charge is 2.15. The number of hydrogen-bond acceptors (Lipinski definition) is 2. The molecule has 1 N–H and O–H groups in total. The van der Waals surface area contributed by atoms with E-state index in [1.807, 2.05) is 0 Å². The third-order valence-corrected chi connectivity index (χ3v) is 2.32. The van der Waals surface area contributed by atoms with Crippen LogP contribution in [0.1, 0.15) is 5.56 Å². The highest BCUT2D eigenvalue weighted by molar-refractivity contribution is 5.66. The van der Waals surface area contributed by atoms with Crippen LogP contribution in [0.3, 0.4) is 0 Å². The van der Waals surface area contributed by atoms with Crippen LogP contribution in [-0.2, 0) is 0 Å². The van der Waals surface area contributed by atoms with Gasteiger partial charge in [-0.1, -0.05) is 6.07 Å². The van der Waals surface area contributed by atoms with Gasteiger partial charge in [-0.25, -0.2) is 8.78 Å². The lowest BCUT2D eigenvalue weighted by molar-refractivity contribution is 0.472. The number of halogens is 2. The summed E-state index contributed by atoms with van der Waals surface area (Å²) in [6.45, 7) is 1.47. The summed E-state index contributed by atoms with van der Waals surface area (Å²) in [5.74, 6) is -2.08. The summed E-state index contributed by atoms with van der Waals surface area (Å²) in [6, 6.07) is 5.73. The van der Waals surface area contributed by atoms with Crippen molar-refractivity contribution in [2.75, 3.05) is 0 Å². The van der Waals surface area contributed by atoms with Crippen LogP contribution >= 0.6 is 0 Å². The Morgan fingerprint density at radius 1 is 1.12 bits per heavy atom. The van der Waals surface area contributed by atoms with Gasteiger partial charge in [0.1, 0.15) is 11.4 Å². The molecule has 0 unspecified atom stereocenters. The molecular weight excluding hydrogens is 212 g/mol. The van der Waals surface area contributed by atoms with E-state index >= 15 is 0 Å². The average Bonchev–Trinajstić information content (AvgIpc) is 2.28. The van der Waals surface area contributed by atoms with Gasteiger partial charge in [-0.15, -0.1) is 0 Å². The van der Waals surface area contributed by atoms with E-state index in [1.165, 1.54) is 37.4 Å². The van der Waals surface area contributed by atoms with Crippen molar-refractivity contribution in [3.05, 3.63) is 47.7 Å². The Labute approximate surface area is 91.2 Å². The molecule has 4 heteroatoms. The van der Waals surface area contributed by atoms with Gasteiger partial charge in [0.25, 0.3) is 0 Å². The Bertz CT molecular complexity index is 541. The van der Waals surface area contributed by atoms with Gasteiger partial charge in [0.05, 0.1) is 0 Å². The Balaban J connectivity index is 2.66. The fourth-order valence-electron chi connectivity index (χ4n) is 1.43. The van der Waals surface area contributed by atoms with Gasteiger partial charge in [0.15, 0.2) is 11.6 Å². The number of benzene rings is 1. The molecule has 0 saturated carbocycles. The number of aromatic nitrogens is 1. The molecule has 0 spiro atoms. The van der Waals surface area contributed by atoms with Gasteiger partial charge in [0, 0.05) is 11.8 Å². The van der Waals surface area contributed by atoms with E-state index in [-0.39, 0.29) is 22.6 Å². The molecule has 0 aliphatic carbocycles. The Morgan fingerprint density at radius 2 is 1.88 bits per heavy atom. The van der Waals surface area contributed by atoms with Crippen LogP contribution in [0.4, 0.5) is 8.78 Å². The first-order chi connectivity index (χ1) is 7.61. The first-order valence-electron chi connectivity index (χ1n) is 4.70. The fraction of sp³-hybridized carbons (Fsp3) is 0.0833. The van der Waals surface area contributed by atoms with Crippen LogP contribution in [0.25, 0.3) is 11.3 Å². The summed E-state index contributed by atoms with van der Waals surface area (Å²) in [5, 5.41) is 9.50. The minimum atomic E-state index is -0.992. The van der Waals surface area contributed by atoms with Crippen LogP contribution in [-0.4, -0.2) is 10.1 Å². The first kappa shape index (κ1) is 10.5. The molecule has 0 fully saturated rings. The Morgan fingerprint density at radius 3 is 2.56 bits per heavy atom. The molecule has 82 valence electrons. The number of aromatic hydroxyl groups is 1. The van der Waals surface area contributed by atoms with Crippen molar-refractivity contribution in [2.24, 2.45) is 0 Å². The minimum absolute atomic E-state index is 0.0406. The molecule has 2 nitrogen and oxygen atoms in total. The number of rotatable bonds is 1. The van der Waals surface area contributed by atoms with Crippen LogP contribution in [0.15, 0.2) is 30.5 Å². The normalized spacial score (nSPS) is 10.4. The Hall–Kier alpha value is -1.97. The SMILES string of the molecule is Cc1ccc(-c2ncccc2O)c(F)c1F. The maximum absolute atomic E-state index is 13.6. The second-order valence-corrected chi connectivity index (χ2v) is 3.43. The van der Waals surface area contributed by atoms with Gasteiger partial charge < -0.3 is 5.11 Å². The smallest absolute Gasteiger partial charge is 0.168 e.